The van der Waals surface area contributed by atoms with E-state index in [-0.39, 0.29) is 60.1 Å². The number of epoxide rings is 2. The van der Waals surface area contributed by atoms with E-state index >= 15 is 0 Å². The topological polar surface area (TPSA) is 139 Å². The molecule has 44 heavy (non-hydrogen) atoms. The first kappa shape index (κ1) is 34.1. The number of hydrogen-bond donors (Lipinski definition) is 3. The number of ether oxygens (including phenoxy) is 3. The molecule has 1 aromatic carbocycles. The number of amides is 4. The minimum atomic E-state index is -0.556. The van der Waals surface area contributed by atoms with Crippen molar-refractivity contribution in [2.75, 3.05) is 24.8 Å². The molecule has 2 saturated heterocycles. The molecule has 3 aliphatic rings. The van der Waals surface area contributed by atoms with Crippen LogP contribution in [0.4, 0.5) is 10.5 Å². The average molecular weight is 630 g/mol. The van der Waals surface area contributed by atoms with Crippen LogP contribution in [0.25, 0.3) is 0 Å². The summed E-state index contributed by atoms with van der Waals surface area (Å²) in [7, 11) is 1.65. The Bertz CT molecular complexity index is 1270. The van der Waals surface area contributed by atoms with E-state index in [4.69, 9.17) is 14.2 Å². The van der Waals surface area contributed by atoms with Gasteiger partial charge in [-0.05, 0) is 64.3 Å². The molecule has 1 aliphatic carbocycles. The average Bonchev–Trinajstić information content (AvgIpc) is 3.87. The summed E-state index contributed by atoms with van der Waals surface area (Å²) in [5.41, 5.74) is 0.688. The lowest BCUT2D eigenvalue weighted by atomic mass is 9.67. The van der Waals surface area contributed by atoms with Gasteiger partial charge in [0, 0.05) is 41.9 Å². The Morgan fingerprint density at radius 3 is 2.36 bits per heavy atom. The Hall–Kier alpha value is -2.73. The van der Waals surface area contributed by atoms with Crippen LogP contribution in [0.1, 0.15) is 73.6 Å². The largest absolute Gasteiger partial charge is 0.379 e. The number of allylic oxidation sites excluding steroid dienone is 1. The molecule has 0 aromatic heterocycles. The quantitative estimate of drug-likeness (QED) is 0.167. The van der Waals surface area contributed by atoms with Crippen molar-refractivity contribution in [2.45, 2.75) is 108 Å². The molecule has 1 aromatic rings. The SMILES string of the molecule is CO[C@@H]1[C@H](NC(=O)NC(=O)CSc2ccc(NC(=O)CCC(=O)C(C)(C)C)cc2)CC[C@]2(CO2)[C@H]1[C@@]1(C)O[C@@H]1CC=C(C)C. The second-order valence-electron chi connectivity index (χ2n) is 13.5. The van der Waals surface area contributed by atoms with E-state index in [9.17, 15) is 19.2 Å². The van der Waals surface area contributed by atoms with Crippen molar-refractivity contribution in [1.29, 1.82) is 0 Å². The molecule has 4 amide bonds. The van der Waals surface area contributed by atoms with Gasteiger partial charge in [-0.25, -0.2) is 4.79 Å². The van der Waals surface area contributed by atoms with Crippen LogP contribution >= 0.6 is 11.8 Å². The van der Waals surface area contributed by atoms with Crippen molar-refractivity contribution in [3.8, 4) is 0 Å². The van der Waals surface area contributed by atoms with Gasteiger partial charge in [-0.3, -0.25) is 19.7 Å². The van der Waals surface area contributed by atoms with Crippen molar-refractivity contribution in [2.24, 2.45) is 11.3 Å². The van der Waals surface area contributed by atoms with Gasteiger partial charge in [-0.1, -0.05) is 32.4 Å². The molecule has 10 nitrogen and oxygen atoms in total. The van der Waals surface area contributed by atoms with Crippen LogP contribution in [0.5, 0.6) is 0 Å². The van der Waals surface area contributed by atoms with Crippen molar-refractivity contribution < 1.29 is 33.4 Å². The molecule has 6 atom stereocenters. The maximum absolute atomic E-state index is 12.8. The summed E-state index contributed by atoms with van der Waals surface area (Å²) in [6.45, 7) is 12.4. The lowest BCUT2D eigenvalue weighted by Crippen LogP contribution is -2.60. The van der Waals surface area contributed by atoms with E-state index in [2.05, 4.69) is 42.8 Å². The molecular formula is C33H47N3O7S. The third-order valence-electron chi connectivity index (χ3n) is 8.79. The Labute approximate surface area is 264 Å². The number of urea groups is 1. The maximum Gasteiger partial charge on any atom is 0.321 e. The van der Waals surface area contributed by atoms with Gasteiger partial charge in [0.05, 0.1) is 36.2 Å². The van der Waals surface area contributed by atoms with Gasteiger partial charge < -0.3 is 24.8 Å². The molecule has 2 heterocycles. The van der Waals surface area contributed by atoms with Gasteiger partial charge in [0.2, 0.25) is 11.8 Å². The Kier molecular flexibility index (Phi) is 10.7. The first-order valence-corrected chi connectivity index (χ1v) is 16.3. The summed E-state index contributed by atoms with van der Waals surface area (Å²) in [6.07, 6.45) is 4.54. The summed E-state index contributed by atoms with van der Waals surface area (Å²) >= 11 is 1.28. The van der Waals surface area contributed by atoms with Crippen LogP contribution in [0.2, 0.25) is 0 Å². The number of carbonyl (C=O) groups excluding carboxylic acids is 4. The number of methoxy groups -OCH3 is 1. The number of hydrogen-bond acceptors (Lipinski definition) is 8. The lowest BCUT2D eigenvalue weighted by Gasteiger charge is -2.43. The number of rotatable bonds is 12. The summed E-state index contributed by atoms with van der Waals surface area (Å²) < 4.78 is 18.2. The van der Waals surface area contributed by atoms with Crippen molar-refractivity contribution >= 4 is 41.1 Å². The van der Waals surface area contributed by atoms with Crippen molar-refractivity contribution in [1.82, 2.24) is 10.6 Å². The zero-order chi connectivity index (χ0) is 32.3. The fourth-order valence-corrected chi connectivity index (χ4v) is 6.82. The monoisotopic (exact) mass is 629 g/mol. The minimum absolute atomic E-state index is 0.0418. The molecule has 3 fully saturated rings. The second kappa shape index (κ2) is 13.7. The molecular weight excluding hydrogens is 582 g/mol. The van der Waals surface area contributed by atoms with Crippen LogP contribution < -0.4 is 16.0 Å². The van der Waals surface area contributed by atoms with E-state index < -0.39 is 23.0 Å². The Balaban J connectivity index is 1.23. The highest BCUT2D eigenvalue weighted by Gasteiger charge is 2.71. The highest BCUT2D eigenvalue weighted by molar-refractivity contribution is 8.00. The summed E-state index contributed by atoms with van der Waals surface area (Å²) in [5, 5.41) is 8.20. The number of benzene rings is 1. The third kappa shape index (κ3) is 8.50. The number of nitrogens with one attached hydrogen (secondary N) is 3. The normalized spacial score (nSPS) is 29.0. The number of carbonyl (C=O) groups is 4. The molecule has 3 N–H and O–H groups in total. The standard InChI is InChI=1S/C33H47N3O7S/c1-20(2)8-14-25-32(6,43-25)29-28(41-7)23(16-17-33(29)19-42-33)35-30(40)36-27(39)18-44-22-11-9-21(10-12-22)34-26(38)15-13-24(37)31(3,4)5/h8-12,23,25,28-29H,13-19H2,1-7H3,(H,34,38)(H2,35,36,39,40)/t23-,25-,28-,29-,32+,33+/m1/s1. The van der Waals surface area contributed by atoms with Crippen LogP contribution in [-0.2, 0) is 28.6 Å². The summed E-state index contributed by atoms with van der Waals surface area (Å²) in [4.78, 5) is 50.5. The summed E-state index contributed by atoms with van der Waals surface area (Å²) in [6, 6.07) is 6.22. The van der Waals surface area contributed by atoms with Gasteiger partial charge in [-0.2, -0.15) is 0 Å². The fraction of sp³-hybridized carbons (Fsp3) is 0.636. The predicted octanol–water partition coefficient (Wildman–Crippen LogP) is 5.01. The second-order valence-corrected chi connectivity index (χ2v) is 14.6. The lowest BCUT2D eigenvalue weighted by molar-refractivity contribution is -0.128. The maximum atomic E-state index is 12.8. The van der Waals surface area contributed by atoms with Gasteiger partial charge >= 0.3 is 6.03 Å². The molecule has 1 saturated carbocycles. The highest BCUT2D eigenvalue weighted by atomic mass is 32.2. The van der Waals surface area contributed by atoms with Crippen LogP contribution in [0.15, 0.2) is 40.8 Å². The zero-order valence-electron chi connectivity index (χ0n) is 26.9. The number of anilines is 1. The number of Topliss-reactive ketones (excluding diaryl/α,β-unsaturated/α-hetero) is 1. The van der Waals surface area contributed by atoms with Crippen molar-refractivity contribution in [3.63, 3.8) is 0 Å². The number of imide groups is 1. The molecule has 242 valence electrons. The zero-order valence-corrected chi connectivity index (χ0v) is 27.7. The van der Waals surface area contributed by atoms with E-state index in [0.29, 0.717) is 18.7 Å². The predicted molar refractivity (Wildman–Crippen MR) is 169 cm³/mol. The highest BCUT2D eigenvalue weighted by Crippen LogP contribution is 2.59. The fourth-order valence-electron chi connectivity index (χ4n) is 6.12. The first-order chi connectivity index (χ1) is 20.7. The van der Waals surface area contributed by atoms with Gasteiger partial charge in [-0.15, -0.1) is 11.8 Å². The molecule has 0 unspecified atom stereocenters. The molecule has 0 bridgehead atoms. The summed E-state index contributed by atoms with van der Waals surface area (Å²) in [5.74, 6) is -0.601. The Morgan fingerprint density at radius 2 is 1.77 bits per heavy atom. The molecule has 2 aliphatic heterocycles. The van der Waals surface area contributed by atoms with Gasteiger partial charge in [0.1, 0.15) is 11.4 Å². The van der Waals surface area contributed by atoms with E-state index in [1.54, 1.807) is 31.4 Å². The Morgan fingerprint density at radius 1 is 1.09 bits per heavy atom. The number of thioether (sulfide) groups is 1. The number of ketones is 1. The third-order valence-corrected chi connectivity index (χ3v) is 9.80. The van der Waals surface area contributed by atoms with Gasteiger partial charge in [0.25, 0.3) is 0 Å². The molecule has 11 heteroatoms. The van der Waals surface area contributed by atoms with E-state index in [1.165, 1.54) is 17.3 Å². The molecule has 0 radical (unpaired) electrons. The van der Waals surface area contributed by atoms with Crippen molar-refractivity contribution in [3.05, 3.63) is 35.9 Å². The molecule has 4 rings (SSSR count). The minimum Gasteiger partial charge on any atom is -0.379 e. The van der Waals surface area contributed by atoms with Gasteiger partial charge in [0.15, 0.2) is 0 Å². The van der Waals surface area contributed by atoms with E-state index in [1.807, 2.05) is 20.8 Å². The van der Waals surface area contributed by atoms with E-state index in [0.717, 1.165) is 17.7 Å². The van der Waals surface area contributed by atoms with Crippen LogP contribution in [-0.4, -0.2) is 72.6 Å². The van der Waals surface area contributed by atoms with Crippen LogP contribution in [0.3, 0.4) is 0 Å². The first-order valence-electron chi connectivity index (χ1n) is 15.3. The molecule has 1 spiro atoms. The van der Waals surface area contributed by atoms with Crippen LogP contribution in [0, 0.1) is 11.3 Å². The smallest absolute Gasteiger partial charge is 0.321 e.